The molecule has 5 rings (SSSR count). The zero-order valence-corrected chi connectivity index (χ0v) is 15.4. The zero-order valence-electron chi connectivity index (χ0n) is 15.4. The highest BCUT2D eigenvalue weighted by Crippen LogP contribution is 2.41. The Morgan fingerprint density at radius 3 is 2.68 bits per heavy atom. The standard InChI is InChI=1S/C22H21N5O/c23-21-20-19(24-13-25-21)17-7-4-8-18(17)27(20)16-11-9-15(10-12-16)26-22(28)14-5-2-1-3-6-14/h1-3,5-6,9-13,21H,4,7-8,23H2,(H,24,25)(H,26,28). The number of hydrogen-bond donors (Lipinski definition) is 3. The van der Waals surface area contributed by atoms with Gasteiger partial charge in [0, 0.05) is 22.6 Å². The Morgan fingerprint density at radius 2 is 1.89 bits per heavy atom. The van der Waals surface area contributed by atoms with Crippen molar-refractivity contribution in [1.29, 1.82) is 0 Å². The maximum absolute atomic E-state index is 12.4. The normalized spacial score (nSPS) is 17.0. The first-order valence-electron chi connectivity index (χ1n) is 9.50. The number of nitrogens with zero attached hydrogens (tertiary/aromatic N) is 2. The van der Waals surface area contributed by atoms with E-state index in [-0.39, 0.29) is 12.1 Å². The molecule has 0 fully saturated rings. The summed E-state index contributed by atoms with van der Waals surface area (Å²) in [5.74, 6) is -0.117. The van der Waals surface area contributed by atoms with E-state index in [4.69, 9.17) is 5.73 Å². The third-order valence-electron chi connectivity index (χ3n) is 5.39. The predicted octanol–water partition coefficient (Wildman–Crippen LogP) is 3.44. The zero-order chi connectivity index (χ0) is 19.1. The average Bonchev–Trinajstić information content (AvgIpc) is 3.31. The molecular weight excluding hydrogens is 350 g/mol. The summed E-state index contributed by atoms with van der Waals surface area (Å²) in [7, 11) is 0. The number of fused-ring (bicyclic) bond motifs is 3. The molecule has 0 spiro atoms. The van der Waals surface area contributed by atoms with Crippen molar-refractivity contribution in [2.45, 2.75) is 25.4 Å². The number of aromatic nitrogens is 1. The molecular formula is C22H21N5O. The Morgan fingerprint density at radius 1 is 1.11 bits per heavy atom. The lowest BCUT2D eigenvalue weighted by atomic mass is 10.1. The highest BCUT2D eigenvalue weighted by molar-refractivity contribution is 6.04. The Kier molecular flexibility index (Phi) is 3.98. The minimum absolute atomic E-state index is 0.117. The van der Waals surface area contributed by atoms with Crippen molar-refractivity contribution in [3.05, 3.63) is 77.1 Å². The molecule has 0 saturated carbocycles. The number of anilines is 1. The molecule has 2 aliphatic rings. The summed E-state index contributed by atoms with van der Waals surface area (Å²) in [5, 5.41) is 6.05. The van der Waals surface area contributed by atoms with E-state index in [1.54, 1.807) is 18.5 Å². The third kappa shape index (κ3) is 2.70. The summed E-state index contributed by atoms with van der Waals surface area (Å²) in [5.41, 5.74) is 13.4. The van der Waals surface area contributed by atoms with Crippen LogP contribution in [-0.4, -0.2) is 16.8 Å². The van der Waals surface area contributed by atoms with Crippen LogP contribution in [0, 0.1) is 0 Å². The first-order valence-corrected chi connectivity index (χ1v) is 9.50. The van der Waals surface area contributed by atoms with Crippen LogP contribution >= 0.6 is 0 Å². The summed E-state index contributed by atoms with van der Waals surface area (Å²) < 4.78 is 2.23. The molecule has 6 heteroatoms. The Bertz CT molecular complexity index is 1070. The second-order valence-electron chi connectivity index (χ2n) is 7.12. The number of carbonyl (C=O) groups is 1. The van der Waals surface area contributed by atoms with Crippen LogP contribution in [0.4, 0.5) is 11.4 Å². The predicted molar refractivity (Wildman–Crippen MR) is 110 cm³/mol. The van der Waals surface area contributed by atoms with E-state index < -0.39 is 0 Å². The van der Waals surface area contributed by atoms with Crippen LogP contribution < -0.4 is 16.4 Å². The van der Waals surface area contributed by atoms with Gasteiger partial charge in [-0.05, 0) is 61.2 Å². The number of benzene rings is 2. The molecule has 1 amide bonds. The van der Waals surface area contributed by atoms with E-state index in [0.29, 0.717) is 5.56 Å². The number of carbonyl (C=O) groups excluding carboxylic acids is 1. The van der Waals surface area contributed by atoms with Crippen LogP contribution in [0.25, 0.3) is 5.69 Å². The van der Waals surface area contributed by atoms with Crippen molar-refractivity contribution < 1.29 is 4.79 Å². The molecule has 0 bridgehead atoms. The fourth-order valence-corrected chi connectivity index (χ4v) is 4.11. The van der Waals surface area contributed by atoms with Gasteiger partial charge >= 0.3 is 0 Å². The van der Waals surface area contributed by atoms with Crippen molar-refractivity contribution >= 4 is 23.6 Å². The molecule has 6 nitrogen and oxygen atoms in total. The quantitative estimate of drug-likeness (QED) is 0.659. The van der Waals surface area contributed by atoms with Crippen LogP contribution in [0.2, 0.25) is 0 Å². The van der Waals surface area contributed by atoms with Crippen LogP contribution in [0.15, 0.2) is 59.6 Å². The maximum atomic E-state index is 12.4. The van der Waals surface area contributed by atoms with Gasteiger partial charge in [-0.25, -0.2) is 4.99 Å². The van der Waals surface area contributed by atoms with Gasteiger partial charge in [0.1, 0.15) is 6.17 Å². The fourth-order valence-electron chi connectivity index (χ4n) is 4.11. The van der Waals surface area contributed by atoms with Gasteiger partial charge in [-0.15, -0.1) is 0 Å². The Labute approximate surface area is 163 Å². The van der Waals surface area contributed by atoms with E-state index in [2.05, 4.69) is 20.2 Å². The van der Waals surface area contributed by atoms with Gasteiger partial charge in [0.2, 0.25) is 0 Å². The van der Waals surface area contributed by atoms with Crippen LogP contribution in [0.3, 0.4) is 0 Å². The van der Waals surface area contributed by atoms with Gasteiger partial charge in [0.25, 0.3) is 5.91 Å². The number of aliphatic imine (C=N–C) groups is 1. The van der Waals surface area contributed by atoms with Crippen LogP contribution in [-0.2, 0) is 12.8 Å². The molecule has 0 radical (unpaired) electrons. The third-order valence-corrected chi connectivity index (χ3v) is 5.39. The van der Waals surface area contributed by atoms with Gasteiger partial charge in [-0.1, -0.05) is 18.2 Å². The number of amides is 1. The van der Waals surface area contributed by atoms with Crippen molar-refractivity contribution in [3.8, 4) is 5.69 Å². The average molecular weight is 371 g/mol. The SMILES string of the molecule is NC1NC=Nc2c3c(n(-c4ccc(NC(=O)c5ccccc5)cc4)c21)CCC3. The molecule has 1 aromatic heterocycles. The molecule has 1 aliphatic heterocycles. The number of nitrogens with two attached hydrogens (primary N) is 1. The van der Waals surface area contributed by atoms with Gasteiger partial charge in [0.05, 0.1) is 17.7 Å². The van der Waals surface area contributed by atoms with Gasteiger partial charge < -0.3 is 20.9 Å². The topological polar surface area (TPSA) is 84.4 Å². The molecule has 28 heavy (non-hydrogen) atoms. The minimum atomic E-state index is -0.282. The molecule has 2 aromatic carbocycles. The first-order chi connectivity index (χ1) is 13.7. The lowest BCUT2D eigenvalue weighted by Gasteiger charge is -2.21. The molecule has 3 aromatic rings. The van der Waals surface area contributed by atoms with E-state index >= 15 is 0 Å². The molecule has 1 atom stereocenters. The highest BCUT2D eigenvalue weighted by atomic mass is 16.1. The molecule has 1 unspecified atom stereocenters. The van der Waals surface area contributed by atoms with Gasteiger partial charge in [-0.2, -0.15) is 0 Å². The summed E-state index contributed by atoms with van der Waals surface area (Å²) >= 11 is 0. The van der Waals surface area contributed by atoms with E-state index in [1.165, 1.54) is 11.3 Å². The summed E-state index contributed by atoms with van der Waals surface area (Å²) in [6.45, 7) is 0. The van der Waals surface area contributed by atoms with E-state index in [0.717, 1.165) is 42.0 Å². The Hall–Kier alpha value is -3.38. The summed E-state index contributed by atoms with van der Waals surface area (Å²) in [4.78, 5) is 16.9. The van der Waals surface area contributed by atoms with Crippen molar-refractivity contribution in [3.63, 3.8) is 0 Å². The molecule has 0 saturated heterocycles. The maximum Gasteiger partial charge on any atom is 0.255 e. The first kappa shape index (κ1) is 16.8. The number of nitrogens with one attached hydrogen (secondary N) is 2. The summed E-state index contributed by atoms with van der Waals surface area (Å²) in [6, 6.07) is 17.1. The van der Waals surface area contributed by atoms with Gasteiger partial charge in [-0.3, -0.25) is 4.79 Å². The van der Waals surface area contributed by atoms with E-state index in [1.807, 2.05) is 42.5 Å². The highest BCUT2D eigenvalue weighted by Gasteiger charge is 2.30. The number of rotatable bonds is 3. The largest absolute Gasteiger partial charge is 0.356 e. The molecule has 140 valence electrons. The second-order valence-corrected chi connectivity index (χ2v) is 7.12. The van der Waals surface area contributed by atoms with Crippen molar-refractivity contribution in [1.82, 2.24) is 9.88 Å². The van der Waals surface area contributed by atoms with Crippen molar-refractivity contribution in [2.75, 3.05) is 5.32 Å². The smallest absolute Gasteiger partial charge is 0.255 e. The lowest BCUT2D eigenvalue weighted by Crippen LogP contribution is -2.31. The second kappa shape index (κ2) is 6.65. The van der Waals surface area contributed by atoms with Crippen molar-refractivity contribution in [2.24, 2.45) is 10.7 Å². The van der Waals surface area contributed by atoms with Crippen LogP contribution in [0.1, 0.15) is 39.9 Å². The Balaban J connectivity index is 1.47. The number of hydrogen-bond acceptors (Lipinski definition) is 4. The molecule has 4 N–H and O–H groups in total. The molecule has 2 heterocycles. The molecule has 1 aliphatic carbocycles. The monoisotopic (exact) mass is 371 g/mol. The minimum Gasteiger partial charge on any atom is -0.356 e. The fraction of sp³-hybridized carbons (Fsp3) is 0.182. The lowest BCUT2D eigenvalue weighted by molar-refractivity contribution is 0.102. The van der Waals surface area contributed by atoms with Gasteiger partial charge in [0.15, 0.2) is 0 Å². The van der Waals surface area contributed by atoms with E-state index in [9.17, 15) is 4.79 Å². The van der Waals surface area contributed by atoms with Crippen LogP contribution in [0.5, 0.6) is 0 Å². The summed E-state index contributed by atoms with van der Waals surface area (Å²) in [6.07, 6.45) is 4.62.